The van der Waals surface area contributed by atoms with Gasteiger partial charge in [0.25, 0.3) is 0 Å². The van der Waals surface area contributed by atoms with Gasteiger partial charge in [0, 0.05) is 13.0 Å². The Morgan fingerprint density at radius 2 is 0.843 bits per heavy atom. The van der Waals surface area contributed by atoms with Crippen molar-refractivity contribution in [2.45, 2.75) is 151 Å². The second kappa shape index (κ2) is 12.1. The molecule has 0 aromatic rings. The molecule has 280 valence electrons. The van der Waals surface area contributed by atoms with Gasteiger partial charge in [0.2, 0.25) is 6.04 Å². The summed E-state index contributed by atoms with van der Waals surface area (Å²) in [6, 6.07) is -1.83. The molecule has 12 aliphatic carbocycles. The topological polar surface area (TPSA) is 181 Å². The number of rotatable bonds is 9. The molecule has 12 nitrogen and oxygen atoms in total. The van der Waals surface area contributed by atoms with Crippen LogP contribution in [0.15, 0.2) is 4.99 Å². The third-order valence-corrected chi connectivity index (χ3v) is 15.4. The summed E-state index contributed by atoms with van der Waals surface area (Å²) in [4.78, 5) is 63.5. The Kier molecular flexibility index (Phi) is 8.02. The first-order valence-electron chi connectivity index (χ1n) is 20.2. The van der Waals surface area contributed by atoms with Gasteiger partial charge >= 0.3 is 24.2 Å². The Hall–Kier alpha value is -2.89. The Morgan fingerprint density at radius 1 is 0.569 bits per heavy atom. The first-order chi connectivity index (χ1) is 24.3. The van der Waals surface area contributed by atoms with Gasteiger partial charge in [-0.3, -0.25) is 4.99 Å². The molecule has 12 saturated carbocycles. The molecule has 0 radical (unpaired) electrons. The van der Waals surface area contributed by atoms with Crippen molar-refractivity contribution in [1.82, 2.24) is 0 Å². The summed E-state index contributed by atoms with van der Waals surface area (Å²) in [7, 11) is 0. The highest BCUT2D eigenvalue weighted by atomic mass is 16.7. The Labute approximate surface area is 300 Å². The third kappa shape index (κ3) is 5.84. The number of carbonyl (C=O) groups is 4. The summed E-state index contributed by atoms with van der Waals surface area (Å²) < 4.78 is 18.0. The number of hydrogen-bond acceptors (Lipinski definition) is 8. The minimum Gasteiger partial charge on any atom is -0.477 e. The minimum atomic E-state index is -1.83. The van der Waals surface area contributed by atoms with E-state index in [0.29, 0.717) is 111 Å². The fourth-order valence-electron chi connectivity index (χ4n) is 14.8. The molecule has 51 heavy (non-hydrogen) atoms. The second-order valence-electron chi connectivity index (χ2n) is 19.4. The van der Waals surface area contributed by atoms with E-state index in [1.54, 1.807) is 0 Å². The average molecular weight is 710 g/mol. The number of aliphatic imine (C=N–C) groups is 1. The molecule has 1 atom stereocenters. The van der Waals surface area contributed by atoms with Crippen molar-refractivity contribution < 1.29 is 43.0 Å². The van der Waals surface area contributed by atoms with Gasteiger partial charge < -0.3 is 30.8 Å². The van der Waals surface area contributed by atoms with Gasteiger partial charge in [-0.15, -0.1) is 0 Å². The summed E-state index contributed by atoms with van der Waals surface area (Å²) in [5, 5.41) is 11.0. The molecular weight excluding hydrogens is 652 g/mol. The largest absolute Gasteiger partial charge is 0.538 e. The van der Waals surface area contributed by atoms with Gasteiger partial charge in [0.1, 0.15) is 16.8 Å². The third-order valence-electron chi connectivity index (χ3n) is 15.4. The molecular formula is C39H57N4O8+. The summed E-state index contributed by atoms with van der Waals surface area (Å²) in [5.41, 5.74) is 8.66. The highest BCUT2D eigenvalue weighted by molar-refractivity contribution is 5.94. The van der Waals surface area contributed by atoms with Gasteiger partial charge in [-0.1, -0.05) is 0 Å². The Bertz CT molecular complexity index is 1260. The van der Waals surface area contributed by atoms with Crippen molar-refractivity contribution in [2.24, 2.45) is 69.7 Å². The van der Waals surface area contributed by atoms with E-state index in [1.807, 2.05) is 0 Å². The maximum Gasteiger partial charge on any atom is 0.538 e. The molecule has 3 amide bonds. The monoisotopic (exact) mass is 709 g/mol. The summed E-state index contributed by atoms with van der Waals surface area (Å²) in [5.74, 6) is 2.14. The number of carboxylic acid groups (broad SMARTS) is 1. The van der Waals surface area contributed by atoms with E-state index in [1.165, 1.54) is 0 Å². The number of guanidine groups is 1. The van der Waals surface area contributed by atoms with Crippen LogP contribution in [0.25, 0.3) is 0 Å². The number of amides is 3. The van der Waals surface area contributed by atoms with E-state index in [-0.39, 0.29) is 25.3 Å². The molecule has 5 N–H and O–H groups in total. The maximum atomic E-state index is 15.3. The highest BCUT2D eigenvalue weighted by Gasteiger charge is 2.71. The SMILES string of the molecule is NC(N)=NCCC[C@@H](C(=O)O)[N+](C(=O)OC12CC3CC(CC(C3)C1)C2)(C(=O)OC12CC3CC(CC(C3)C1)C2)C(=O)OC12CC3CC(CC(C3)C1)C2. The molecule has 12 bridgehead atoms. The summed E-state index contributed by atoms with van der Waals surface area (Å²) in [6.07, 6.45) is 12.4. The first-order valence-corrected chi connectivity index (χ1v) is 20.2. The average Bonchev–Trinajstić information content (AvgIpc) is 2.99. The minimum absolute atomic E-state index is 0.0736. The number of quaternary nitrogens is 1. The number of nitrogens with two attached hydrogens (primary N) is 2. The lowest BCUT2D eigenvalue weighted by atomic mass is 9.54. The number of ether oxygens (including phenoxy) is 3. The van der Waals surface area contributed by atoms with Crippen LogP contribution in [-0.4, -0.2) is 69.2 Å². The van der Waals surface area contributed by atoms with Crippen LogP contribution in [0.4, 0.5) is 14.4 Å². The molecule has 0 saturated heterocycles. The molecule has 0 heterocycles. The normalized spacial score (nSPS) is 45.1. The van der Waals surface area contributed by atoms with Crippen molar-refractivity contribution >= 4 is 30.2 Å². The fourth-order valence-corrected chi connectivity index (χ4v) is 14.8. The van der Waals surface area contributed by atoms with Crippen molar-refractivity contribution in [3.8, 4) is 0 Å². The Morgan fingerprint density at radius 3 is 1.08 bits per heavy atom. The highest BCUT2D eigenvalue weighted by Crippen LogP contribution is 2.60. The van der Waals surface area contributed by atoms with E-state index < -0.39 is 51.6 Å². The van der Waals surface area contributed by atoms with E-state index in [2.05, 4.69) is 4.99 Å². The van der Waals surface area contributed by atoms with E-state index in [9.17, 15) is 9.90 Å². The van der Waals surface area contributed by atoms with Gasteiger partial charge in [-0.25, -0.2) is 4.79 Å². The smallest absolute Gasteiger partial charge is 0.477 e. The van der Waals surface area contributed by atoms with Gasteiger partial charge in [-0.2, -0.15) is 14.4 Å². The zero-order chi connectivity index (χ0) is 35.3. The predicted octanol–water partition coefficient (Wildman–Crippen LogP) is 6.63. The van der Waals surface area contributed by atoms with Crippen LogP contribution >= 0.6 is 0 Å². The van der Waals surface area contributed by atoms with E-state index >= 15 is 14.4 Å². The quantitative estimate of drug-likeness (QED) is 0.0773. The number of carbonyl (C=O) groups excluding carboxylic acids is 3. The molecule has 0 aromatic carbocycles. The molecule has 0 aromatic heterocycles. The summed E-state index contributed by atoms with van der Waals surface area (Å²) in [6.45, 7) is 0.0736. The van der Waals surface area contributed by atoms with Crippen LogP contribution in [-0.2, 0) is 19.0 Å². The van der Waals surface area contributed by atoms with Gasteiger partial charge in [0.15, 0.2) is 5.96 Å². The van der Waals surface area contributed by atoms with E-state index in [4.69, 9.17) is 25.7 Å². The van der Waals surface area contributed by atoms with Crippen molar-refractivity contribution in [3.63, 3.8) is 0 Å². The summed E-state index contributed by atoms with van der Waals surface area (Å²) >= 11 is 0. The molecule has 0 spiro atoms. The van der Waals surface area contributed by atoms with Crippen molar-refractivity contribution in [3.05, 3.63) is 0 Å². The number of nitrogens with zero attached hydrogens (tertiary/aromatic N) is 2. The second-order valence-corrected chi connectivity index (χ2v) is 19.4. The zero-order valence-electron chi connectivity index (χ0n) is 30.0. The van der Waals surface area contributed by atoms with Crippen LogP contribution in [0.1, 0.15) is 128 Å². The van der Waals surface area contributed by atoms with Crippen LogP contribution in [0, 0.1) is 53.3 Å². The number of imide groups is 3. The van der Waals surface area contributed by atoms with Gasteiger partial charge in [0.05, 0.1) is 0 Å². The zero-order valence-corrected chi connectivity index (χ0v) is 30.0. The molecule has 12 rings (SSSR count). The van der Waals surface area contributed by atoms with Crippen LogP contribution < -0.4 is 11.5 Å². The number of carboxylic acids is 1. The van der Waals surface area contributed by atoms with E-state index in [0.717, 1.165) is 57.8 Å². The van der Waals surface area contributed by atoms with Crippen molar-refractivity contribution in [2.75, 3.05) is 6.54 Å². The lowest BCUT2D eigenvalue weighted by Crippen LogP contribution is -2.72. The number of hydrogen-bond donors (Lipinski definition) is 3. The van der Waals surface area contributed by atoms with Gasteiger partial charge in [-0.05, 0) is 180 Å². The standard InChI is InChI=1S/C39H56N4O8/c40-33(41)42-3-1-2-31(32(44)45)43(34(46)49-37-13-22-4-23(14-37)6-24(5-22)15-37,35(47)50-38-16-25-7-26(17-38)9-27(8-25)18-38)36(48)51-39-19-28-10-29(20-39)12-30(11-28)21-39/h22-31H,1-21H2,(H4-,40,41,42,44,45)/p+1/t22?,23?,24?,25?,26?,27?,28?,29?,30?,31-,37?,38?,39?,43?/m0/s1. The molecule has 12 aliphatic rings. The molecule has 0 aliphatic heterocycles. The molecule has 12 heteroatoms. The number of aliphatic carboxylic acids is 1. The first kappa shape index (κ1) is 33.9. The van der Waals surface area contributed by atoms with Crippen LogP contribution in [0.5, 0.6) is 0 Å². The van der Waals surface area contributed by atoms with Crippen LogP contribution in [0.3, 0.4) is 0 Å². The predicted molar refractivity (Wildman–Crippen MR) is 184 cm³/mol. The Balaban J connectivity index is 1.12. The van der Waals surface area contributed by atoms with Crippen molar-refractivity contribution in [1.29, 1.82) is 0 Å². The van der Waals surface area contributed by atoms with Crippen LogP contribution in [0.2, 0.25) is 0 Å². The maximum absolute atomic E-state index is 15.3. The fraction of sp³-hybridized carbons (Fsp3) is 0.872. The molecule has 0 unspecified atom stereocenters. The lowest BCUT2D eigenvalue weighted by Gasteiger charge is -2.57. The molecule has 12 fully saturated rings. The lowest BCUT2D eigenvalue weighted by molar-refractivity contribution is -0.737.